The first kappa shape index (κ1) is 11.9. The van der Waals surface area contributed by atoms with Crippen LogP contribution in [0.25, 0.3) is 11.4 Å². The van der Waals surface area contributed by atoms with E-state index in [9.17, 15) is 10.0 Å². The Kier molecular flexibility index (Phi) is 3.13. The summed E-state index contributed by atoms with van der Waals surface area (Å²) in [6, 6.07) is 7.11. The summed E-state index contributed by atoms with van der Waals surface area (Å²) < 4.78 is 4.79. The molecule has 0 saturated carbocycles. The highest BCUT2D eigenvalue weighted by atomic mass is 16.5. The van der Waals surface area contributed by atoms with Crippen LogP contribution in [0.4, 0.5) is 0 Å². The van der Waals surface area contributed by atoms with Gasteiger partial charge < -0.3 is 15.1 Å². The molecular weight excluding hydrogens is 238 g/mol. The molecule has 1 heterocycles. The average molecular weight is 249 g/mol. The summed E-state index contributed by atoms with van der Waals surface area (Å²) in [6.07, 6.45) is 0. The summed E-state index contributed by atoms with van der Waals surface area (Å²) in [5, 5.41) is 21.6. The summed E-state index contributed by atoms with van der Waals surface area (Å²) in [7, 11) is 0. The highest BCUT2D eigenvalue weighted by molar-refractivity contribution is 5.68. The third-order valence-electron chi connectivity index (χ3n) is 2.28. The Morgan fingerprint density at radius 3 is 2.83 bits per heavy atom. The van der Waals surface area contributed by atoms with Crippen molar-refractivity contribution in [3.8, 4) is 17.4 Å². The Labute approximate surface area is 102 Å². The number of benzene rings is 1. The highest BCUT2D eigenvalue weighted by Gasteiger charge is 2.14. The lowest BCUT2D eigenvalue weighted by atomic mass is 10.1. The van der Waals surface area contributed by atoms with Gasteiger partial charge in [0.1, 0.15) is 0 Å². The second-order valence-corrected chi connectivity index (χ2v) is 3.60. The molecule has 0 aliphatic heterocycles. The van der Waals surface area contributed by atoms with Crippen molar-refractivity contribution in [2.24, 2.45) is 0 Å². The predicted molar refractivity (Wildman–Crippen MR) is 60.5 cm³/mol. The minimum absolute atomic E-state index is 0.182. The smallest absolute Gasteiger partial charge is 0.341 e. The van der Waals surface area contributed by atoms with E-state index in [0.717, 1.165) is 5.56 Å². The van der Waals surface area contributed by atoms with Gasteiger partial charge in [0.2, 0.25) is 5.82 Å². The van der Waals surface area contributed by atoms with E-state index in [1.54, 1.807) is 12.1 Å². The molecule has 1 aromatic heterocycles. The van der Waals surface area contributed by atoms with Crippen LogP contribution in [-0.4, -0.2) is 37.8 Å². The second kappa shape index (κ2) is 4.74. The van der Waals surface area contributed by atoms with E-state index < -0.39 is 12.6 Å². The minimum Gasteiger partial charge on any atom is -0.479 e. The van der Waals surface area contributed by atoms with Crippen LogP contribution in [0, 0.1) is 6.92 Å². The summed E-state index contributed by atoms with van der Waals surface area (Å²) in [5.74, 6) is -0.935. The van der Waals surface area contributed by atoms with Gasteiger partial charge in [0.05, 0.1) is 0 Å². The fraction of sp³-hybridized carbons (Fsp3) is 0.182. The molecular formula is C11H11N3O4. The molecule has 0 amide bonds. The largest absolute Gasteiger partial charge is 0.479 e. The lowest BCUT2D eigenvalue weighted by Crippen LogP contribution is -2.10. The van der Waals surface area contributed by atoms with Crippen LogP contribution in [0.1, 0.15) is 5.56 Å². The molecule has 0 saturated heterocycles. The van der Waals surface area contributed by atoms with Crippen molar-refractivity contribution in [3.63, 3.8) is 0 Å². The topological polar surface area (TPSA) is 97.5 Å². The zero-order valence-corrected chi connectivity index (χ0v) is 9.57. The number of hydrogen-bond acceptors (Lipinski definition) is 5. The second-order valence-electron chi connectivity index (χ2n) is 3.60. The molecule has 2 aromatic rings. The van der Waals surface area contributed by atoms with Crippen molar-refractivity contribution < 1.29 is 19.8 Å². The zero-order valence-electron chi connectivity index (χ0n) is 9.57. The maximum atomic E-state index is 10.3. The SMILES string of the molecule is Cc1ccccc1-c1nc(OCC(=O)O)nn1O. The van der Waals surface area contributed by atoms with E-state index in [1.165, 1.54) is 0 Å². The fourth-order valence-corrected chi connectivity index (χ4v) is 1.47. The summed E-state index contributed by atoms with van der Waals surface area (Å²) in [6.45, 7) is 1.30. The zero-order chi connectivity index (χ0) is 13.1. The molecule has 7 heteroatoms. The molecule has 2 rings (SSSR count). The first-order valence-corrected chi connectivity index (χ1v) is 5.15. The van der Waals surface area contributed by atoms with E-state index in [2.05, 4.69) is 10.1 Å². The number of ether oxygens (including phenoxy) is 1. The predicted octanol–water partition coefficient (Wildman–Crippen LogP) is 0.954. The average Bonchev–Trinajstić information content (AvgIpc) is 2.69. The Morgan fingerprint density at radius 2 is 2.17 bits per heavy atom. The molecule has 94 valence electrons. The van der Waals surface area contributed by atoms with Gasteiger partial charge >= 0.3 is 12.0 Å². The molecule has 0 unspecified atom stereocenters. The van der Waals surface area contributed by atoms with Crippen LogP contribution in [-0.2, 0) is 4.79 Å². The number of nitrogens with zero attached hydrogens (tertiary/aromatic N) is 3. The van der Waals surface area contributed by atoms with Gasteiger partial charge in [0, 0.05) is 5.56 Å². The number of carboxylic acid groups (broad SMARTS) is 1. The van der Waals surface area contributed by atoms with Crippen molar-refractivity contribution in [1.29, 1.82) is 0 Å². The quantitative estimate of drug-likeness (QED) is 0.783. The number of carbonyl (C=O) groups is 1. The Morgan fingerprint density at radius 1 is 1.44 bits per heavy atom. The molecule has 1 aromatic carbocycles. The molecule has 2 N–H and O–H groups in total. The van der Waals surface area contributed by atoms with Crippen LogP contribution < -0.4 is 4.74 Å². The van der Waals surface area contributed by atoms with Crippen molar-refractivity contribution in [1.82, 2.24) is 14.9 Å². The first-order chi connectivity index (χ1) is 8.58. The van der Waals surface area contributed by atoms with Crippen molar-refractivity contribution in [2.75, 3.05) is 6.61 Å². The fourth-order valence-electron chi connectivity index (χ4n) is 1.47. The molecule has 7 nitrogen and oxygen atoms in total. The molecule has 0 fully saturated rings. The van der Waals surface area contributed by atoms with Gasteiger partial charge in [0.25, 0.3) is 0 Å². The molecule has 18 heavy (non-hydrogen) atoms. The van der Waals surface area contributed by atoms with Crippen molar-refractivity contribution in [2.45, 2.75) is 6.92 Å². The minimum atomic E-state index is -1.14. The number of aryl methyl sites for hydroxylation is 1. The normalized spacial score (nSPS) is 10.3. The van der Waals surface area contributed by atoms with Crippen LogP contribution >= 0.6 is 0 Å². The highest BCUT2D eigenvalue weighted by Crippen LogP contribution is 2.22. The molecule has 0 spiro atoms. The molecule has 0 atom stereocenters. The summed E-state index contributed by atoms with van der Waals surface area (Å²) in [5.41, 5.74) is 1.60. The standard InChI is InChI=1S/C11H11N3O4/c1-7-4-2-3-5-8(7)10-12-11(13-14(10)17)18-6-9(15)16/h2-5,17H,6H2,1H3,(H,15,16). The van der Waals surface area contributed by atoms with E-state index in [4.69, 9.17) is 9.84 Å². The van der Waals surface area contributed by atoms with E-state index in [0.29, 0.717) is 10.4 Å². The lowest BCUT2D eigenvalue weighted by molar-refractivity contribution is -0.139. The van der Waals surface area contributed by atoms with Crippen LogP contribution in [0.2, 0.25) is 0 Å². The van der Waals surface area contributed by atoms with Gasteiger partial charge in [-0.25, -0.2) is 4.79 Å². The lowest BCUT2D eigenvalue weighted by Gasteiger charge is -2.01. The van der Waals surface area contributed by atoms with E-state index >= 15 is 0 Å². The van der Waals surface area contributed by atoms with E-state index in [-0.39, 0.29) is 11.8 Å². The van der Waals surface area contributed by atoms with Gasteiger partial charge in [-0.05, 0) is 12.5 Å². The Hall–Kier alpha value is -2.57. The number of aromatic nitrogens is 3. The Balaban J connectivity index is 2.30. The van der Waals surface area contributed by atoms with Gasteiger partial charge in [-0.1, -0.05) is 34.2 Å². The van der Waals surface area contributed by atoms with Crippen molar-refractivity contribution >= 4 is 5.97 Å². The maximum absolute atomic E-state index is 10.3. The molecule has 0 aliphatic carbocycles. The first-order valence-electron chi connectivity index (χ1n) is 5.15. The van der Waals surface area contributed by atoms with Gasteiger partial charge in [-0.2, -0.15) is 4.98 Å². The molecule has 0 aliphatic rings. The Bertz CT molecular complexity index is 579. The monoisotopic (exact) mass is 249 g/mol. The van der Waals surface area contributed by atoms with Crippen LogP contribution in [0.5, 0.6) is 6.01 Å². The summed E-state index contributed by atoms with van der Waals surface area (Å²) in [4.78, 5) is 14.8. The number of carboxylic acids is 1. The number of hydrogen-bond donors (Lipinski definition) is 2. The van der Waals surface area contributed by atoms with Gasteiger partial charge in [-0.15, -0.1) is 0 Å². The van der Waals surface area contributed by atoms with Crippen molar-refractivity contribution in [3.05, 3.63) is 29.8 Å². The van der Waals surface area contributed by atoms with Gasteiger partial charge in [0.15, 0.2) is 6.61 Å². The molecule has 0 bridgehead atoms. The number of rotatable bonds is 4. The third-order valence-corrected chi connectivity index (χ3v) is 2.28. The van der Waals surface area contributed by atoms with Crippen LogP contribution in [0.3, 0.4) is 0 Å². The maximum Gasteiger partial charge on any atom is 0.341 e. The van der Waals surface area contributed by atoms with Gasteiger partial charge in [-0.3, -0.25) is 0 Å². The van der Waals surface area contributed by atoms with E-state index in [1.807, 2.05) is 19.1 Å². The van der Waals surface area contributed by atoms with Crippen LogP contribution in [0.15, 0.2) is 24.3 Å². The molecule has 0 radical (unpaired) electrons. The third kappa shape index (κ3) is 2.40. The summed E-state index contributed by atoms with van der Waals surface area (Å²) >= 11 is 0. The number of aliphatic carboxylic acids is 1.